The second-order valence-electron chi connectivity index (χ2n) is 1.93. The molecule has 0 bridgehead atoms. The number of hydrogen-bond donors (Lipinski definition) is 0. The van der Waals surface area contributed by atoms with Crippen LogP contribution in [0.3, 0.4) is 0 Å². The van der Waals surface area contributed by atoms with Gasteiger partial charge in [0, 0.05) is 0 Å². The van der Waals surface area contributed by atoms with Gasteiger partial charge in [0.1, 0.15) is 0 Å². The number of unbranched alkanes of at least 4 members (excludes halogenated alkanes) is 2. The molecule has 13 heavy (non-hydrogen) atoms. The van der Waals surface area contributed by atoms with Crippen molar-refractivity contribution in [3.05, 3.63) is 13.8 Å². The zero-order valence-electron chi connectivity index (χ0n) is 8.62. The monoisotopic (exact) mass is 233 g/mol. The zero-order chi connectivity index (χ0) is 10.4. The van der Waals surface area contributed by atoms with Gasteiger partial charge in [-0.2, -0.15) is 12.8 Å². The molecule has 0 fully saturated rings. The van der Waals surface area contributed by atoms with Crippen LogP contribution < -0.4 is 14.7 Å². The molecule has 3 nitrogen and oxygen atoms in total. The Balaban J connectivity index is -0.0000000450. The van der Waals surface area contributed by atoms with Gasteiger partial charge in [0.15, 0.2) is 0 Å². The molecule has 0 spiro atoms. The van der Waals surface area contributed by atoms with E-state index < -0.39 is 8.60 Å². The largest absolute Gasteiger partial charge is 2.00 e. The van der Waals surface area contributed by atoms with Gasteiger partial charge in [0.05, 0.1) is 0 Å². The third-order valence-electron chi connectivity index (χ3n) is 0.707. The second-order valence-corrected chi connectivity index (χ2v) is 2.38. The fourth-order valence-electron chi connectivity index (χ4n) is 0. The average Bonchev–Trinajstić information content (AvgIpc) is 2.03. The van der Waals surface area contributed by atoms with E-state index in [2.05, 4.69) is 27.7 Å². The second kappa shape index (κ2) is 29.2. The number of rotatable bonds is 2. The standard InChI is InChI=1S/2C4H9.Ca.O3P/c2*1-3-4-2;;1-4(2)3/h2*1,3-4H2,2H3;;/q2*-1;+2;-3. The molecule has 0 aliphatic carbocycles. The summed E-state index contributed by atoms with van der Waals surface area (Å²) >= 11 is 0. The maximum atomic E-state index is 8.48. The van der Waals surface area contributed by atoms with E-state index in [0.29, 0.717) is 0 Å². The summed E-state index contributed by atoms with van der Waals surface area (Å²) in [5.74, 6) is 0. The molecule has 5 heteroatoms. The van der Waals surface area contributed by atoms with Crippen LogP contribution >= 0.6 is 8.60 Å². The van der Waals surface area contributed by atoms with Gasteiger partial charge in [-0.15, -0.1) is 0 Å². The maximum absolute atomic E-state index is 8.48. The summed E-state index contributed by atoms with van der Waals surface area (Å²) in [4.78, 5) is 25.4. The van der Waals surface area contributed by atoms with Crippen molar-refractivity contribution in [3.63, 3.8) is 0 Å². The minimum atomic E-state index is -3.37. The number of hydrogen-bond acceptors (Lipinski definition) is 3. The SMILES string of the molecule is [CH2-]CCC.[CH2-]CCC.[Ca+2].[O-]P([O-])[O-]. The summed E-state index contributed by atoms with van der Waals surface area (Å²) in [5, 5.41) is 0. The molecule has 0 atom stereocenters. The van der Waals surface area contributed by atoms with Gasteiger partial charge in [-0.1, -0.05) is 26.7 Å². The van der Waals surface area contributed by atoms with Crippen molar-refractivity contribution >= 4 is 46.3 Å². The van der Waals surface area contributed by atoms with Crippen molar-refractivity contribution in [2.24, 2.45) is 0 Å². The topological polar surface area (TPSA) is 69.2 Å². The average molecular weight is 233 g/mol. The molecule has 0 aromatic carbocycles. The molecule has 0 aromatic heterocycles. The Bertz CT molecular complexity index is 45.9. The summed E-state index contributed by atoms with van der Waals surface area (Å²) in [5.41, 5.74) is 0. The van der Waals surface area contributed by atoms with Gasteiger partial charge in [-0.25, -0.2) is 0 Å². The first-order valence-corrected chi connectivity index (χ1v) is 5.06. The molecule has 0 saturated heterocycles. The molecule has 0 amide bonds. The van der Waals surface area contributed by atoms with Crippen molar-refractivity contribution < 1.29 is 14.7 Å². The Morgan fingerprint density at radius 3 is 1.00 bits per heavy atom. The van der Waals surface area contributed by atoms with Gasteiger partial charge in [0.25, 0.3) is 0 Å². The maximum Gasteiger partial charge on any atom is 2.00 e. The smallest absolute Gasteiger partial charge is 0.854 e. The normalized spacial score (nSPS) is 7.38. The zero-order valence-corrected chi connectivity index (χ0v) is 11.7. The molecule has 0 saturated carbocycles. The van der Waals surface area contributed by atoms with E-state index in [9.17, 15) is 0 Å². The Kier molecular flexibility index (Phi) is 53.9. The van der Waals surface area contributed by atoms with E-state index >= 15 is 0 Å². The molecule has 0 radical (unpaired) electrons. The molecule has 0 unspecified atom stereocenters. The fraction of sp³-hybridized carbons (Fsp3) is 0.750. The van der Waals surface area contributed by atoms with Crippen molar-refractivity contribution in [2.75, 3.05) is 0 Å². The van der Waals surface area contributed by atoms with Crippen LogP contribution in [-0.4, -0.2) is 37.7 Å². The molecule has 0 N–H and O–H groups in total. The van der Waals surface area contributed by atoms with Gasteiger partial charge < -0.3 is 37.1 Å². The summed E-state index contributed by atoms with van der Waals surface area (Å²) in [7, 11) is -3.37. The predicted octanol–water partition coefficient (Wildman–Crippen LogP) is 0.155. The molecule has 0 aromatic rings. The van der Waals surface area contributed by atoms with E-state index in [4.69, 9.17) is 14.7 Å². The van der Waals surface area contributed by atoms with Crippen LogP contribution in [0.15, 0.2) is 0 Å². The van der Waals surface area contributed by atoms with Crippen molar-refractivity contribution in [3.8, 4) is 0 Å². The van der Waals surface area contributed by atoms with E-state index in [-0.39, 0.29) is 37.7 Å². The Hall–Kier alpha value is 1.57. The molecule has 0 aliphatic heterocycles. The van der Waals surface area contributed by atoms with Crippen molar-refractivity contribution in [1.29, 1.82) is 0 Å². The molecule has 78 valence electrons. The van der Waals surface area contributed by atoms with Crippen LogP contribution in [0.5, 0.6) is 0 Å². The summed E-state index contributed by atoms with van der Waals surface area (Å²) in [6.45, 7) is 11.4. The van der Waals surface area contributed by atoms with Gasteiger partial charge >= 0.3 is 37.7 Å². The molecule has 0 aliphatic rings. The Morgan fingerprint density at radius 2 is 1.00 bits per heavy atom. The first-order valence-electron chi connectivity index (χ1n) is 3.96. The van der Waals surface area contributed by atoms with Crippen LogP contribution in [0.25, 0.3) is 0 Å². The quantitative estimate of drug-likeness (QED) is 0.387. The summed E-state index contributed by atoms with van der Waals surface area (Å²) in [6, 6.07) is 0. The van der Waals surface area contributed by atoms with Crippen LogP contribution in [0.4, 0.5) is 0 Å². The van der Waals surface area contributed by atoms with Crippen molar-refractivity contribution in [2.45, 2.75) is 39.5 Å². The van der Waals surface area contributed by atoms with E-state index in [1.165, 1.54) is 12.8 Å². The third kappa shape index (κ3) is 143. The molecule has 0 heterocycles. The van der Waals surface area contributed by atoms with E-state index in [1.807, 2.05) is 0 Å². The van der Waals surface area contributed by atoms with E-state index in [1.54, 1.807) is 0 Å². The predicted molar refractivity (Wildman–Crippen MR) is 53.2 cm³/mol. The molecular formula is C8H18CaO3P-3. The van der Waals surface area contributed by atoms with Crippen LogP contribution in [0, 0.1) is 13.8 Å². The third-order valence-corrected chi connectivity index (χ3v) is 0.707. The van der Waals surface area contributed by atoms with Gasteiger partial charge in [0.2, 0.25) is 0 Å². The minimum Gasteiger partial charge on any atom is -0.854 e. The first-order chi connectivity index (χ1) is 5.56. The van der Waals surface area contributed by atoms with E-state index in [0.717, 1.165) is 12.8 Å². The van der Waals surface area contributed by atoms with Gasteiger partial charge in [-0.3, -0.25) is 0 Å². The Morgan fingerprint density at radius 1 is 0.923 bits per heavy atom. The fourth-order valence-corrected chi connectivity index (χ4v) is 0. The van der Waals surface area contributed by atoms with Crippen LogP contribution in [0.2, 0.25) is 0 Å². The first kappa shape index (κ1) is 24.0. The Labute approximate surface area is 114 Å². The molecular weight excluding hydrogens is 215 g/mol. The summed E-state index contributed by atoms with van der Waals surface area (Å²) in [6.07, 6.45) is 4.56. The van der Waals surface area contributed by atoms with Gasteiger partial charge in [-0.05, 0) is 0 Å². The van der Waals surface area contributed by atoms with Crippen molar-refractivity contribution in [1.82, 2.24) is 0 Å². The van der Waals surface area contributed by atoms with Crippen LogP contribution in [-0.2, 0) is 0 Å². The van der Waals surface area contributed by atoms with Crippen LogP contribution in [0.1, 0.15) is 39.5 Å². The minimum absolute atomic E-state index is 0. The summed E-state index contributed by atoms with van der Waals surface area (Å²) < 4.78 is 0. The molecule has 0 rings (SSSR count).